The van der Waals surface area contributed by atoms with Crippen LogP contribution in [0.5, 0.6) is 0 Å². The average Bonchev–Trinajstić information content (AvgIpc) is 2.90. The van der Waals surface area contributed by atoms with E-state index in [2.05, 4.69) is 4.90 Å². The van der Waals surface area contributed by atoms with Crippen LogP contribution in [-0.4, -0.2) is 67.0 Å². The third kappa shape index (κ3) is 4.87. The molecule has 32 heavy (non-hydrogen) atoms. The van der Waals surface area contributed by atoms with Gasteiger partial charge in [0.05, 0.1) is 31.0 Å². The minimum absolute atomic E-state index is 0.00599. The van der Waals surface area contributed by atoms with Gasteiger partial charge in [-0.15, -0.1) is 0 Å². The summed E-state index contributed by atoms with van der Waals surface area (Å²) in [5.74, 6) is -0.0406. The van der Waals surface area contributed by atoms with Gasteiger partial charge >= 0.3 is 0 Å². The molecule has 0 radical (unpaired) electrons. The highest BCUT2D eigenvalue weighted by Gasteiger charge is 2.40. The Balaban J connectivity index is 1.62. The van der Waals surface area contributed by atoms with Gasteiger partial charge in [-0.3, -0.25) is 14.5 Å². The van der Waals surface area contributed by atoms with Crippen molar-refractivity contribution in [3.63, 3.8) is 0 Å². The van der Waals surface area contributed by atoms with Gasteiger partial charge in [0.2, 0.25) is 5.91 Å². The average molecular weight is 436 g/mol. The Bertz CT molecular complexity index is 925. The summed E-state index contributed by atoms with van der Waals surface area (Å²) in [5.41, 5.74) is 2.35. The second-order valence-electron chi connectivity index (χ2n) is 8.92. The first kappa shape index (κ1) is 22.5. The lowest BCUT2D eigenvalue weighted by atomic mass is 10.0. The van der Waals surface area contributed by atoms with Crippen LogP contribution in [0.4, 0.5) is 5.69 Å². The fourth-order valence-corrected chi connectivity index (χ4v) is 4.69. The number of morpholine rings is 1. The maximum atomic E-state index is 13.9. The van der Waals surface area contributed by atoms with Crippen LogP contribution >= 0.6 is 0 Å². The van der Waals surface area contributed by atoms with Gasteiger partial charge in [-0.05, 0) is 30.0 Å². The predicted octanol–water partition coefficient (Wildman–Crippen LogP) is 3.42. The summed E-state index contributed by atoms with van der Waals surface area (Å²) >= 11 is 0. The maximum absolute atomic E-state index is 13.9. The summed E-state index contributed by atoms with van der Waals surface area (Å²) in [6, 6.07) is 17.0. The molecule has 0 bridgehead atoms. The second-order valence-corrected chi connectivity index (χ2v) is 8.92. The van der Waals surface area contributed by atoms with Gasteiger partial charge in [0.25, 0.3) is 5.91 Å². The molecule has 170 valence electrons. The van der Waals surface area contributed by atoms with Crippen molar-refractivity contribution >= 4 is 17.5 Å². The molecule has 1 atom stereocenters. The Morgan fingerprint density at radius 1 is 0.938 bits per heavy atom. The monoisotopic (exact) mass is 435 g/mol. The van der Waals surface area contributed by atoms with E-state index in [4.69, 9.17) is 4.74 Å². The zero-order valence-electron chi connectivity index (χ0n) is 19.1. The Morgan fingerprint density at radius 2 is 1.62 bits per heavy atom. The zero-order valence-corrected chi connectivity index (χ0v) is 19.1. The third-order valence-corrected chi connectivity index (χ3v) is 6.33. The number of fused-ring (bicyclic) bond motifs is 1. The molecule has 2 heterocycles. The predicted molar refractivity (Wildman–Crippen MR) is 126 cm³/mol. The van der Waals surface area contributed by atoms with Crippen molar-refractivity contribution in [3.8, 4) is 0 Å². The Labute approximate surface area is 190 Å². The largest absolute Gasteiger partial charge is 0.379 e. The van der Waals surface area contributed by atoms with Crippen LogP contribution in [-0.2, 0) is 16.1 Å². The standard InChI is InChI=1S/C26H33N3O3/c1-20(2)24-26(31)29(19-21-9-4-3-5-10-21)23-12-7-6-11-22(23)25(30)28(24)14-8-13-27-15-17-32-18-16-27/h3-7,9-12,20,24H,8,13-19H2,1-2H3. The highest BCUT2D eigenvalue weighted by molar-refractivity contribution is 6.11. The summed E-state index contributed by atoms with van der Waals surface area (Å²) in [4.78, 5) is 33.6. The minimum Gasteiger partial charge on any atom is -0.379 e. The first-order valence-corrected chi connectivity index (χ1v) is 11.6. The Kier molecular flexibility index (Phi) is 7.22. The molecule has 2 amide bonds. The number of hydrogen-bond donors (Lipinski definition) is 0. The van der Waals surface area contributed by atoms with Crippen molar-refractivity contribution in [2.45, 2.75) is 32.9 Å². The third-order valence-electron chi connectivity index (χ3n) is 6.33. The molecule has 2 aromatic rings. The number of rotatable bonds is 7. The molecule has 0 aliphatic carbocycles. The molecule has 4 rings (SSSR count). The normalized spacial score (nSPS) is 19.9. The number of anilines is 1. The van der Waals surface area contributed by atoms with E-state index in [1.54, 1.807) is 4.90 Å². The van der Waals surface area contributed by atoms with Crippen LogP contribution in [0, 0.1) is 5.92 Å². The molecule has 2 aromatic carbocycles. The van der Waals surface area contributed by atoms with Crippen molar-refractivity contribution in [2.75, 3.05) is 44.3 Å². The fraction of sp³-hybridized carbons (Fsp3) is 0.462. The number of carbonyl (C=O) groups excluding carboxylic acids is 2. The van der Waals surface area contributed by atoms with Gasteiger partial charge in [0.15, 0.2) is 0 Å². The first-order chi connectivity index (χ1) is 15.6. The van der Waals surface area contributed by atoms with Crippen molar-refractivity contribution in [3.05, 3.63) is 65.7 Å². The van der Waals surface area contributed by atoms with Crippen LogP contribution in [0.3, 0.4) is 0 Å². The molecule has 0 aromatic heterocycles. The summed E-state index contributed by atoms with van der Waals surface area (Å²) in [7, 11) is 0. The first-order valence-electron chi connectivity index (χ1n) is 11.6. The molecule has 0 N–H and O–H groups in total. The van der Waals surface area contributed by atoms with E-state index in [1.807, 2.05) is 73.3 Å². The molecular weight excluding hydrogens is 402 g/mol. The summed E-state index contributed by atoms with van der Waals surface area (Å²) < 4.78 is 5.44. The highest BCUT2D eigenvalue weighted by atomic mass is 16.5. The second kappa shape index (κ2) is 10.3. The quantitative estimate of drug-likeness (QED) is 0.669. The number of para-hydroxylation sites is 1. The molecule has 1 unspecified atom stereocenters. The van der Waals surface area contributed by atoms with Crippen molar-refractivity contribution in [2.24, 2.45) is 5.92 Å². The van der Waals surface area contributed by atoms with Crippen molar-refractivity contribution < 1.29 is 14.3 Å². The molecule has 2 aliphatic rings. The number of hydrogen-bond acceptors (Lipinski definition) is 4. The SMILES string of the molecule is CC(C)C1C(=O)N(Cc2ccccc2)c2ccccc2C(=O)N1CCCN1CCOCC1. The van der Waals surface area contributed by atoms with Gasteiger partial charge < -0.3 is 14.5 Å². The van der Waals surface area contributed by atoms with E-state index >= 15 is 0 Å². The topological polar surface area (TPSA) is 53.1 Å². The Hall–Kier alpha value is -2.70. The van der Waals surface area contributed by atoms with Gasteiger partial charge in [0.1, 0.15) is 6.04 Å². The van der Waals surface area contributed by atoms with E-state index in [1.165, 1.54) is 0 Å². The maximum Gasteiger partial charge on any atom is 0.256 e. The lowest BCUT2D eigenvalue weighted by molar-refractivity contribution is -0.124. The number of amides is 2. The highest BCUT2D eigenvalue weighted by Crippen LogP contribution is 2.31. The molecule has 6 nitrogen and oxygen atoms in total. The number of nitrogens with zero attached hydrogens (tertiary/aromatic N) is 3. The minimum atomic E-state index is -0.483. The van der Waals surface area contributed by atoms with Gasteiger partial charge in [0, 0.05) is 26.2 Å². The van der Waals surface area contributed by atoms with E-state index in [9.17, 15) is 9.59 Å². The van der Waals surface area contributed by atoms with Crippen LogP contribution in [0.15, 0.2) is 54.6 Å². The molecule has 1 fully saturated rings. The van der Waals surface area contributed by atoms with Crippen molar-refractivity contribution in [1.82, 2.24) is 9.80 Å². The van der Waals surface area contributed by atoms with E-state index in [-0.39, 0.29) is 17.7 Å². The smallest absolute Gasteiger partial charge is 0.256 e. The van der Waals surface area contributed by atoms with Crippen molar-refractivity contribution in [1.29, 1.82) is 0 Å². The molecular formula is C26H33N3O3. The molecule has 0 spiro atoms. The summed E-state index contributed by atoms with van der Waals surface area (Å²) in [6.07, 6.45) is 0.836. The van der Waals surface area contributed by atoms with Crippen LogP contribution in [0.25, 0.3) is 0 Å². The van der Waals surface area contributed by atoms with Crippen LogP contribution < -0.4 is 4.90 Å². The number of benzene rings is 2. The fourth-order valence-electron chi connectivity index (χ4n) is 4.69. The molecule has 6 heteroatoms. The zero-order chi connectivity index (χ0) is 22.5. The lowest BCUT2D eigenvalue weighted by Gasteiger charge is -2.34. The van der Waals surface area contributed by atoms with Crippen LogP contribution in [0.2, 0.25) is 0 Å². The summed E-state index contributed by atoms with van der Waals surface area (Å²) in [5, 5.41) is 0. The van der Waals surface area contributed by atoms with Gasteiger partial charge in [-0.2, -0.15) is 0 Å². The molecule has 2 aliphatic heterocycles. The van der Waals surface area contributed by atoms with Crippen LogP contribution in [0.1, 0.15) is 36.2 Å². The summed E-state index contributed by atoms with van der Waals surface area (Å²) in [6.45, 7) is 9.36. The molecule has 1 saturated heterocycles. The Morgan fingerprint density at radius 3 is 2.34 bits per heavy atom. The molecule has 0 saturated carbocycles. The number of carbonyl (C=O) groups is 2. The van der Waals surface area contributed by atoms with E-state index < -0.39 is 6.04 Å². The van der Waals surface area contributed by atoms with E-state index in [0.717, 1.165) is 44.8 Å². The van der Waals surface area contributed by atoms with Gasteiger partial charge in [-0.1, -0.05) is 56.3 Å². The number of ether oxygens (including phenoxy) is 1. The van der Waals surface area contributed by atoms with E-state index in [0.29, 0.717) is 24.3 Å². The lowest BCUT2D eigenvalue weighted by Crippen LogP contribution is -2.52. The van der Waals surface area contributed by atoms with Gasteiger partial charge in [-0.25, -0.2) is 0 Å².